The summed E-state index contributed by atoms with van der Waals surface area (Å²) in [5, 5.41) is 15.1. The monoisotopic (exact) mass is 556 g/mol. The van der Waals surface area contributed by atoms with Gasteiger partial charge < -0.3 is 9.67 Å². The van der Waals surface area contributed by atoms with Crippen molar-refractivity contribution in [3.63, 3.8) is 0 Å². The molecule has 1 aliphatic carbocycles. The fourth-order valence-electron chi connectivity index (χ4n) is 6.89. The minimum atomic E-state index is -0.117. The molecule has 0 spiro atoms. The van der Waals surface area contributed by atoms with Gasteiger partial charge in [-0.15, -0.1) is 0 Å². The molecule has 4 aromatic rings. The Morgan fingerprint density at radius 1 is 0.762 bits per heavy atom. The van der Waals surface area contributed by atoms with E-state index in [9.17, 15) is 9.90 Å². The largest absolute Gasteiger partial charge is 0.871 e. The van der Waals surface area contributed by atoms with Crippen LogP contribution in [0.1, 0.15) is 81.2 Å². The van der Waals surface area contributed by atoms with E-state index in [2.05, 4.69) is 53.3 Å². The average molecular weight is 557 g/mol. The average Bonchev–Trinajstić information content (AvgIpc) is 3.46. The van der Waals surface area contributed by atoms with Crippen LogP contribution < -0.4 is 5.11 Å². The molecule has 0 amide bonds. The topological polar surface area (TPSA) is 48.1 Å². The summed E-state index contributed by atoms with van der Waals surface area (Å²) >= 11 is 0. The van der Waals surface area contributed by atoms with Gasteiger partial charge in [-0.3, -0.25) is 4.79 Å². The van der Waals surface area contributed by atoms with Gasteiger partial charge in [0.15, 0.2) is 11.5 Å². The van der Waals surface area contributed by atoms with Gasteiger partial charge in [0.25, 0.3) is 0 Å². The summed E-state index contributed by atoms with van der Waals surface area (Å²) in [6.07, 6.45) is 8.11. The first-order valence-corrected chi connectivity index (χ1v) is 15.6. The molecule has 6 rings (SSSR count). The van der Waals surface area contributed by atoms with E-state index in [0.717, 1.165) is 64.1 Å². The number of nitrogens with zero attached hydrogens (tertiary/aromatic N) is 2. The second-order valence-electron chi connectivity index (χ2n) is 11.6. The minimum Gasteiger partial charge on any atom is -0.871 e. The molecule has 0 saturated heterocycles. The van der Waals surface area contributed by atoms with Crippen molar-refractivity contribution in [3.05, 3.63) is 113 Å². The molecule has 0 saturated carbocycles. The predicted molar refractivity (Wildman–Crippen MR) is 171 cm³/mol. The number of Topliss-reactive ketones (excluding diaryl/α,β-unsaturated/α-hetero) is 1. The zero-order valence-corrected chi connectivity index (χ0v) is 25.1. The van der Waals surface area contributed by atoms with Crippen LogP contribution in [-0.4, -0.2) is 27.2 Å². The highest BCUT2D eigenvalue weighted by Crippen LogP contribution is 2.47. The minimum absolute atomic E-state index is 0.117. The molecular weight excluding hydrogens is 516 g/mol. The number of allylic oxidation sites excluding steroid dienone is 3. The lowest BCUT2D eigenvalue weighted by atomic mass is 9.77. The second kappa shape index (κ2) is 12.0. The number of unbranched alkanes of at least 4 members (excludes halogenated alkanes) is 5. The Bertz CT molecular complexity index is 1750. The maximum absolute atomic E-state index is 14.2. The molecule has 4 nitrogen and oxygen atoms in total. The Balaban J connectivity index is 1.44. The Morgan fingerprint density at radius 3 is 2.21 bits per heavy atom. The van der Waals surface area contributed by atoms with E-state index in [0.29, 0.717) is 17.7 Å². The van der Waals surface area contributed by atoms with E-state index in [4.69, 9.17) is 0 Å². The molecule has 1 aliphatic heterocycles. The van der Waals surface area contributed by atoms with Gasteiger partial charge >= 0.3 is 0 Å². The van der Waals surface area contributed by atoms with Crippen LogP contribution >= 0.6 is 0 Å². The lowest BCUT2D eigenvalue weighted by Gasteiger charge is -2.32. The van der Waals surface area contributed by atoms with Crippen molar-refractivity contribution in [3.8, 4) is 0 Å². The number of fused-ring (bicyclic) bond motifs is 2. The Hall–Kier alpha value is -4.18. The number of hydrogen-bond donors (Lipinski definition) is 0. The summed E-state index contributed by atoms with van der Waals surface area (Å²) in [5.74, 6) is -0.233. The number of aromatic nitrogens is 1. The fourth-order valence-corrected chi connectivity index (χ4v) is 6.89. The van der Waals surface area contributed by atoms with Gasteiger partial charge in [0.05, 0.1) is 11.1 Å². The van der Waals surface area contributed by atoms with Crippen LogP contribution in [0.4, 0.5) is 5.69 Å². The summed E-state index contributed by atoms with van der Waals surface area (Å²) in [5.41, 5.74) is 8.80. The number of carbonyl (C=O) groups excluding carboxylic acids is 1. The van der Waals surface area contributed by atoms with Crippen molar-refractivity contribution in [2.24, 2.45) is 0 Å². The van der Waals surface area contributed by atoms with E-state index < -0.39 is 0 Å². The number of rotatable bonds is 11. The predicted octanol–water partition coefficient (Wildman–Crippen LogP) is 7.98. The zero-order valence-electron chi connectivity index (χ0n) is 25.1. The summed E-state index contributed by atoms with van der Waals surface area (Å²) < 4.78 is 4.55. The highest BCUT2D eigenvalue weighted by Gasteiger charge is 2.42. The number of ketones is 1. The van der Waals surface area contributed by atoms with Crippen LogP contribution in [0.25, 0.3) is 22.0 Å². The maximum Gasteiger partial charge on any atom is 0.213 e. The summed E-state index contributed by atoms with van der Waals surface area (Å²) in [6.45, 7) is 7.93. The third-order valence-electron chi connectivity index (χ3n) is 8.98. The van der Waals surface area contributed by atoms with Crippen LogP contribution in [-0.2, 0) is 11.3 Å². The van der Waals surface area contributed by atoms with Crippen molar-refractivity contribution < 1.29 is 14.5 Å². The van der Waals surface area contributed by atoms with Crippen molar-refractivity contribution >= 4 is 39.2 Å². The van der Waals surface area contributed by atoms with Crippen LogP contribution in [0.2, 0.25) is 0 Å². The first kappa shape index (κ1) is 28.0. The molecule has 3 aromatic carbocycles. The summed E-state index contributed by atoms with van der Waals surface area (Å²) in [7, 11) is 0. The van der Waals surface area contributed by atoms with E-state index >= 15 is 0 Å². The SMILES string of the molecule is CCCCCCCCC1=[N+](CC)c2ccccc2/C1=C1\C(=O)C(c2c(C)n(Cc3ccccc3)c3ccccc23)=C1[O-]. The van der Waals surface area contributed by atoms with E-state index in [1.807, 2.05) is 55.5 Å². The van der Waals surface area contributed by atoms with Gasteiger partial charge in [-0.25, -0.2) is 0 Å². The molecule has 0 fully saturated rings. The summed E-state index contributed by atoms with van der Waals surface area (Å²) in [6, 6.07) is 26.7. The van der Waals surface area contributed by atoms with Gasteiger partial charge in [0.1, 0.15) is 6.54 Å². The highest BCUT2D eigenvalue weighted by molar-refractivity contribution is 6.47. The number of carbonyl (C=O) groups is 1. The molecule has 0 radical (unpaired) electrons. The van der Waals surface area contributed by atoms with E-state index in [-0.39, 0.29) is 11.5 Å². The van der Waals surface area contributed by atoms with Crippen LogP contribution in [0.3, 0.4) is 0 Å². The molecule has 0 N–H and O–H groups in total. The lowest BCUT2D eigenvalue weighted by molar-refractivity contribution is -0.433. The molecule has 0 bridgehead atoms. The lowest BCUT2D eigenvalue weighted by Crippen LogP contribution is -2.31. The smallest absolute Gasteiger partial charge is 0.213 e. The third kappa shape index (κ3) is 4.73. The van der Waals surface area contributed by atoms with Crippen LogP contribution in [0.5, 0.6) is 0 Å². The first-order valence-electron chi connectivity index (χ1n) is 15.6. The molecule has 1 aromatic heterocycles. The fraction of sp³-hybridized carbons (Fsp3) is 0.316. The molecule has 4 heteroatoms. The summed E-state index contributed by atoms with van der Waals surface area (Å²) in [4.78, 5) is 14.2. The van der Waals surface area contributed by atoms with Gasteiger partial charge in [-0.05, 0) is 38.0 Å². The van der Waals surface area contributed by atoms with Gasteiger partial charge in [-0.1, -0.05) is 105 Å². The number of benzene rings is 3. The molecule has 42 heavy (non-hydrogen) atoms. The Kier molecular flexibility index (Phi) is 7.97. The quantitative estimate of drug-likeness (QED) is 0.107. The van der Waals surface area contributed by atoms with Gasteiger partial charge in [-0.2, -0.15) is 4.58 Å². The maximum atomic E-state index is 14.2. The molecule has 0 unspecified atom stereocenters. The van der Waals surface area contributed by atoms with Crippen molar-refractivity contribution in [2.75, 3.05) is 6.54 Å². The van der Waals surface area contributed by atoms with Crippen molar-refractivity contribution in [1.29, 1.82) is 0 Å². The molecule has 0 atom stereocenters. The zero-order chi connectivity index (χ0) is 29.2. The second-order valence-corrected chi connectivity index (χ2v) is 11.6. The standard InChI is InChI=1S/C38H40N2O2/c1-4-6-7-8-9-13-24-32-34(29-21-15-16-22-30(29)39(32)5-2)36-37(41)35(38(36)42)33-26(3)40(25-27-18-11-10-12-19-27)31-23-17-14-20-28(31)33/h10-12,14-23H,4-9,13,24-25H2,1-3H3. The first-order chi connectivity index (χ1) is 20.6. The Morgan fingerprint density at radius 2 is 1.45 bits per heavy atom. The Labute approximate surface area is 249 Å². The number of hydrogen-bond acceptors (Lipinski definition) is 2. The van der Waals surface area contributed by atoms with Crippen LogP contribution in [0, 0.1) is 6.92 Å². The van der Waals surface area contributed by atoms with Crippen LogP contribution in [0.15, 0.2) is 90.2 Å². The normalized spacial score (nSPS) is 16.5. The van der Waals surface area contributed by atoms with E-state index in [1.54, 1.807) is 0 Å². The number of para-hydroxylation sites is 2. The van der Waals surface area contributed by atoms with Crippen molar-refractivity contribution in [1.82, 2.24) is 4.57 Å². The molecule has 2 heterocycles. The molecular formula is C38H40N2O2. The van der Waals surface area contributed by atoms with Crippen molar-refractivity contribution in [2.45, 2.75) is 72.3 Å². The third-order valence-corrected chi connectivity index (χ3v) is 8.98. The van der Waals surface area contributed by atoms with Gasteiger partial charge in [0.2, 0.25) is 5.69 Å². The molecule has 2 aliphatic rings. The van der Waals surface area contributed by atoms with Gasteiger partial charge in [0, 0.05) is 52.3 Å². The highest BCUT2D eigenvalue weighted by atomic mass is 16.3. The molecule has 214 valence electrons. The van der Waals surface area contributed by atoms with E-state index in [1.165, 1.54) is 37.7 Å².